The highest BCUT2D eigenvalue weighted by Crippen LogP contribution is 2.20. The van der Waals surface area contributed by atoms with Crippen molar-refractivity contribution in [2.75, 3.05) is 10.6 Å². The molecular formula is C16H14F2N2O2. The van der Waals surface area contributed by atoms with E-state index in [1.807, 2.05) is 0 Å². The van der Waals surface area contributed by atoms with Crippen LogP contribution in [0.5, 0.6) is 0 Å². The number of halogens is 2. The van der Waals surface area contributed by atoms with Crippen LogP contribution in [0.2, 0.25) is 0 Å². The van der Waals surface area contributed by atoms with Gasteiger partial charge in [-0.2, -0.15) is 0 Å². The lowest BCUT2D eigenvalue weighted by molar-refractivity contribution is -0.115. The van der Waals surface area contributed by atoms with Crippen LogP contribution in [0.25, 0.3) is 0 Å². The Labute approximate surface area is 126 Å². The van der Waals surface area contributed by atoms with Gasteiger partial charge in [0.15, 0.2) is 0 Å². The van der Waals surface area contributed by atoms with Gasteiger partial charge in [-0.25, -0.2) is 8.78 Å². The molecule has 0 radical (unpaired) electrons. The van der Waals surface area contributed by atoms with Crippen LogP contribution in [-0.2, 0) is 16.0 Å². The molecule has 0 unspecified atom stereocenters. The van der Waals surface area contributed by atoms with Crippen molar-refractivity contribution < 1.29 is 18.4 Å². The fraction of sp³-hybridized carbons (Fsp3) is 0.125. The molecule has 0 saturated heterocycles. The second-order valence-electron chi connectivity index (χ2n) is 4.73. The number of anilines is 2. The van der Waals surface area contributed by atoms with Gasteiger partial charge in [-0.15, -0.1) is 0 Å². The van der Waals surface area contributed by atoms with Crippen LogP contribution in [0.3, 0.4) is 0 Å². The van der Waals surface area contributed by atoms with Crippen molar-refractivity contribution in [2.24, 2.45) is 0 Å². The van der Waals surface area contributed by atoms with Crippen LogP contribution in [0.4, 0.5) is 20.2 Å². The van der Waals surface area contributed by atoms with E-state index in [9.17, 15) is 18.4 Å². The van der Waals surface area contributed by atoms with E-state index in [0.29, 0.717) is 11.3 Å². The zero-order valence-corrected chi connectivity index (χ0v) is 11.8. The Bertz CT molecular complexity index is 700. The second-order valence-corrected chi connectivity index (χ2v) is 4.73. The first-order valence-electron chi connectivity index (χ1n) is 6.55. The van der Waals surface area contributed by atoms with Crippen LogP contribution in [0.15, 0.2) is 42.5 Å². The maximum absolute atomic E-state index is 13.5. The van der Waals surface area contributed by atoms with Gasteiger partial charge < -0.3 is 10.6 Å². The molecule has 0 fully saturated rings. The smallest absolute Gasteiger partial charge is 0.228 e. The van der Waals surface area contributed by atoms with Gasteiger partial charge in [0.25, 0.3) is 0 Å². The van der Waals surface area contributed by atoms with E-state index in [1.54, 1.807) is 0 Å². The molecule has 6 heteroatoms. The summed E-state index contributed by atoms with van der Waals surface area (Å²) in [6.07, 6.45) is 0.0626. The first-order chi connectivity index (χ1) is 10.4. The van der Waals surface area contributed by atoms with E-state index in [2.05, 4.69) is 10.6 Å². The van der Waals surface area contributed by atoms with Crippen molar-refractivity contribution in [1.29, 1.82) is 0 Å². The van der Waals surface area contributed by atoms with Gasteiger partial charge in [0.1, 0.15) is 11.6 Å². The van der Waals surface area contributed by atoms with Crippen molar-refractivity contribution in [3.63, 3.8) is 0 Å². The van der Waals surface area contributed by atoms with Gasteiger partial charge in [-0.05, 0) is 35.9 Å². The molecule has 22 heavy (non-hydrogen) atoms. The molecule has 2 amide bonds. The fourth-order valence-corrected chi connectivity index (χ4v) is 1.88. The van der Waals surface area contributed by atoms with E-state index in [0.717, 1.165) is 6.07 Å². The standard InChI is InChI=1S/C16H14F2N2O2/c1-10(21)19-15-9-13(6-7-14(15)18)20-16(22)8-11-2-4-12(17)5-3-11/h2-7,9H,8H2,1H3,(H,19,21)(H,20,22). The molecule has 0 heterocycles. The number of carbonyl (C=O) groups excluding carboxylic acids is 2. The highest BCUT2D eigenvalue weighted by atomic mass is 19.1. The van der Waals surface area contributed by atoms with Crippen LogP contribution < -0.4 is 10.6 Å². The minimum absolute atomic E-state index is 0.00733. The molecule has 2 aromatic carbocycles. The number of hydrogen-bond donors (Lipinski definition) is 2. The molecule has 0 bridgehead atoms. The number of hydrogen-bond acceptors (Lipinski definition) is 2. The molecule has 0 spiro atoms. The lowest BCUT2D eigenvalue weighted by Gasteiger charge is -2.09. The SMILES string of the molecule is CC(=O)Nc1cc(NC(=O)Cc2ccc(F)cc2)ccc1F. The monoisotopic (exact) mass is 304 g/mol. The summed E-state index contributed by atoms with van der Waals surface area (Å²) in [5, 5.41) is 4.93. The summed E-state index contributed by atoms with van der Waals surface area (Å²) in [7, 11) is 0. The average Bonchev–Trinajstić information content (AvgIpc) is 2.44. The van der Waals surface area contributed by atoms with E-state index in [-0.39, 0.29) is 23.8 Å². The summed E-state index contributed by atoms with van der Waals surface area (Å²) >= 11 is 0. The Morgan fingerprint density at radius 2 is 1.68 bits per heavy atom. The zero-order valence-electron chi connectivity index (χ0n) is 11.8. The Morgan fingerprint density at radius 1 is 1.00 bits per heavy atom. The minimum Gasteiger partial charge on any atom is -0.326 e. The third kappa shape index (κ3) is 4.37. The first-order valence-corrected chi connectivity index (χ1v) is 6.55. The topological polar surface area (TPSA) is 58.2 Å². The summed E-state index contributed by atoms with van der Waals surface area (Å²) in [4.78, 5) is 22.9. The molecule has 2 aromatic rings. The molecule has 2 N–H and O–H groups in total. The van der Waals surface area contributed by atoms with Crippen LogP contribution >= 0.6 is 0 Å². The Morgan fingerprint density at radius 3 is 2.32 bits per heavy atom. The summed E-state index contributed by atoms with van der Waals surface area (Å²) in [6, 6.07) is 9.46. The quantitative estimate of drug-likeness (QED) is 0.912. The lowest BCUT2D eigenvalue weighted by atomic mass is 10.1. The lowest BCUT2D eigenvalue weighted by Crippen LogP contribution is -2.15. The fourth-order valence-electron chi connectivity index (χ4n) is 1.88. The van der Waals surface area contributed by atoms with Gasteiger partial charge in [0, 0.05) is 12.6 Å². The molecule has 2 rings (SSSR count). The third-order valence-corrected chi connectivity index (χ3v) is 2.84. The summed E-state index contributed by atoms with van der Waals surface area (Å²) < 4.78 is 26.3. The second kappa shape index (κ2) is 6.80. The highest BCUT2D eigenvalue weighted by molar-refractivity contribution is 5.94. The number of benzene rings is 2. The predicted octanol–water partition coefficient (Wildman–Crippen LogP) is 3.10. The minimum atomic E-state index is -0.591. The van der Waals surface area contributed by atoms with Crippen molar-refractivity contribution >= 4 is 23.2 Å². The number of nitrogens with one attached hydrogen (secondary N) is 2. The van der Waals surface area contributed by atoms with Gasteiger partial charge in [0.05, 0.1) is 12.1 Å². The van der Waals surface area contributed by atoms with E-state index in [1.165, 1.54) is 43.3 Å². The molecule has 4 nitrogen and oxygen atoms in total. The van der Waals surface area contributed by atoms with Crippen LogP contribution in [0, 0.1) is 11.6 Å². The number of rotatable bonds is 4. The van der Waals surface area contributed by atoms with Crippen molar-refractivity contribution in [3.8, 4) is 0 Å². The van der Waals surface area contributed by atoms with E-state index >= 15 is 0 Å². The van der Waals surface area contributed by atoms with Gasteiger partial charge in [-0.1, -0.05) is 12.1 Å². The van der Waals surface area contributed by atoms with Crippen LogP contribution in [0.1, 0.15) is 12.5 Å². The molecule has 114 valence electrons. The molecule has 0 aliphatic rings. The molecule has 0 saturated carbocycles. The van der Waals surface area contributed by atoms with Crippen molar-refractivity contribution in [3.05, 3.63) is 59.7 Å². The maximum atomic E-state index is 13.5. The van der Waals surface area contributed by atoms with Crippen LogP contribution in [-0.4, -0.2) is 11.8 Å². The number of carbonyl (C=O) groups is 2. The Balaban J connectivity index is 2.05. The highest BCUT2D eigenvalue weighted by Gasteiger charge is 2.08. The molecule has 0 atom stereocenters. The van der Waals surface area contributed by atoms with Crippen molar-refractivity contribution in [2.45, 2.75) is 13.3 Å². The van der Waals surface area contributed by atoms with Gasteiger partial charge >= 0.3 is 0 Å². The zero-order chi connectivity index (χ0) is 16.1. The van der Waals surface area contributed by atoms with Gasteiger partial charge in [0.2, 0.25) is 11.8 Å². The molecular weight excluding hydrogens is 290 g/mol. The number of amides is 2. The predicted molar refractivity (Wildman–Crippen MR) is 79.4 cm³/mol. The summed E-state index contributed by atoms with van der Waals surface area (Å²) in [5.41, 5.74) is 1.01. The normalized spacial score (nSPS) is 10.1. The first kappa shape index (κ1) is 15.6. The van der Waals surface area contributed by atoms with E-state index < -0.39 is 11.7 Å². The van der Waals surface area contributed by atoms with Gasteiger partial charge in [-0.3, -0.25) is 9.59 Å². The summed E-state index contributed by atoms with van der Waals surface area (Å²) in [6.45, 7) is 1.26. The Kier molecular flexibility index (Phi) is 4.83. The maximum Gasteiger partial charge on any atom is 0.228 e. The van der Waals surface area contributed by atoms with Crippen molar-refractivity contribution in [1.82, 2.24) is 0 Å². The third-order valence-electron chi connectivity index (χ3n) is 2.84. The molecule has 0 aliphatic carbocycles. The molecule has 0 aromatic heterocycles. The average molecular weight is 304 g/mol. The summed E-state index contributed by atoms with van der Waals surface area (Å²) in [5.74, 6) is -1.70. The van der Waals surface area contributed by atoms with E-state index in [4.69, 9.17) is 0 Å². The molecule has 0 aliphatic heterocycles. The Hall–Kier alpha value is -2.76. The largest absolute Gasteiger partial charge is 0.326 e.